The number of fused-ring (bicyclic) bond motifs is 1. The summed E-state index contributed by atoms with van der Waals surface area (Å²) in [5.74, 6) is -1.74. The number of H-pyrrole nitrogens is 1. The largest absolute Gasteiger partial charge is 0.480 e. The molecule has 0 radical (unpaired) electrons. The quantitative estimate of drug-likeness (QED) is 0.572. The molecule has 1 aliphatic heterocycles. The van der Waals surface area contributed by atoms with E-state index in [1.807, 2.05) is 0 Å². The Hall–Kier alpha value is -2.94. The maximum Gasteiger partial charge on any atom is 0.329 e. The summed E-state index contributed by atoms with van der Waals surface area (Å²) in [7, 11) is 0. The Balaban J connectivity index is 1.92. The monoisotopic (exact) mass is 333 g/mol. The number of non-ortho nitro benzene ring substituents is 1. The summed E-state index contributed by atoms with van der Waals surface area (Å²) in [6, 6.07) is 5.95. The van der Waals surface area contributed by atoms with Crippen LogP contribution in [0.3, 0.4) is 0 Å². The predicted molar refractivity (Wildman–Crippen MR) is 82.8 cm³/mol. The fraction of sp³-hybridized carbons (Fsp3) is 0.333. The minimum absolute atomic E-state index is 0.0754. The van der Waals surface area contributed by atoms with E-state index in [0.29, 0.717) is 5.39 Å². The second kappa shape index (κ2) is 5.93. The molecular weight excluding hydrogens is 318 g/mol. The number of carboxylic acids is 1. The molecule has 1 aliphatic rings. The van der Waals surface area contributed by atoms with Crippen LogP contribution in [0.5, 0.6) is 0 Å². The van der Waals surface area contributed by atoms with Crippen LogP contribution in [-0.2, 0) is 9.53 Å². The Morgan fingerprint density at radius 3 is 2.67 bits per heavy atom. The molecule has 0 spiro atoms. The zero-order valence-electron chi connectivity index (χ0n) is 12.6. The summed E-state index contributed by atoms with van der Waals surface area (Å²) >= 11 is 0. The second-order valence-electron chi connectivity index (χ2n) is 5.64. The first kappa shape index (κ1) is 15.9. The number of para-hydroxylation sites is 1. The summed E-state index contributed by atoms with van der Waals surface area (Å²) in [6.45, 7) is 0.482. The first-order valence-corrected chi connectivity index (χ1v) is 7.33. The predicted octanol–water partition coefficient (Wildman–Crippen LogP) is 1.44. The van der Waals surface area contributed by atoms with Gasteiger partial charge >= 0.3 is 5.97 Å². The minimum atomic E-state index is -1.39. The van der Waals surface area contributed by atoms with Crippen LogP contribution >= 0.6 is 0 Å². The number of aromatic amines is 1. The van der Waals surface area contributed by atoms with Crippen molar-refractivity contribution < 1.29 is 24.4 Å². The molecule has 3 rings (SSSR count). The number of benzene rings is 1. The van der Waals surface area contributed by atoms with E-state index in [9.17, 15) is 24.8 Å². The molecule has 3 N–H and O–H groups in total. The highest BCUT2D eigenvalue weighted by Crippen LogP contribution is 2.26. The molecule has 1 amide bonds. The highest BCUT2D eigenvalue weighted by atomic mass is 16.6. The van der Waals surface area contributed by atoms with Gasteiger partial charge in [-0.2, -0.15) is 0 Å². The zero-order chi connectivity index (χ0) is 17.3. The molecule has 1 aromatic carbocycles. The van der Waals surface area contributed by atoms with Gasteiger partial charge < -0.3 is 20.1 Å². The van der Waals surface area contributed by atoms with Gasteiger partial charge in [-0.25, -0.2) is 4.79 Å². The third kappa shape index (κ3) is 2.69. The number of aromatic nitrogens is 1. The molecule has 1 aromatic heterocycles. The topological polar surface area (TPSA) is 135 Å². The van der Waals surface area contributed by atoms with Crippen LogP contribution in [0.15, 0.2) is 24.3 Å². The van der Waals surface area contributed by atoms with E-state index in [2.05, 4.69) is 10.3 Å². The lowest BCUT2D eigenvalue weighted by Crippen LogP contribution is -2.57. The average Bonchev–Trinajstić information content (AvgIpc) is 2.99. The first-order chi connectivity index (χ1) is 11.4. The fourth-order valence-electron chi connectivity index (χ4n) is 2.81. The van der Waals surface area contributed by atoms with Crippen molar-refractivity contribution in [2.75, 3.05) is 13.2 Å². The van der Waals surface area contributed by atoms with Crippen LogP contribution in [0.4, 0.5) is 5.69 Å². The number of aliphatic carboxylic acids is 1. The molecule has 0 aliphatic carbocycles. The molecule has 9 heteroatoms. The second-order valence-corrected chi connectivity index (χ2v) is 5.64. The van der Waals surface area contributed by atoms with Crippen molar-refractivity contribution in [3.8, 4) is 0 Å². The number of carboxylic acid groups (broad SMARTS) is 1. The molecule has 2 heterocycles. The molecule has 0 atom stereocenters. The molecule has 126 valence electrons. The Morgan fingerprint density at radius 1 is 1.33 bits per heavy atom. The summed E-state index contributed by atoms with van der Waals surface area (Å²) in [5.41, 5.74) is -1.24. The maximum atomic E-state index is 12.5. The Labute approximate surface area is 135 Å². The molecule has 2 aromatic rings. The van der Waals surface area contributed by atoms with E-state index in [1.165, 1.54) is 18.2 Å². The number of hydrogen-bond donors (Lipinski definition) is 3. The maximum absolute atomic E-state index is 12.5. The van der Waals surface area contributed by atoms with Crippen molar-refractivity contribution in [3.63, 3.8) is 0 Å². The molecule has 1 saturated heterocycles. The summed E-state index contributed by atoms with van der Waals surface area (Å²) in [5, 5.41) is 23.6. The van der Waals surface area contributed by atoms with Crippen LogP contribution < -0.4 is 5.32 Å². The van der Waals surface area contributed by atoms with E-state index in [0.717, 1.165) is 0 Å². The van der Waals surface area contributed by atoms with E-state index < -0.39 is 22.3 Å². The van der Waals surface area contributed by atoms with Crippen molar-refractivity contribution in [1.82, 2.24) is 10.3 Å². The third-order valence-corrected chi connectivity index (χ3v) is 4.18. The van der Waals surface area contributed by atoms with Gasteiger partial charge in [0.05, 0.1) is 4.92 Å². The van der Waals surface area contributed by atoms with Crippen molar-refractivity contribution in [3.05, 3.63) is 40.1 Å². The van der Waals surface area contributed by atoms with Crippen molar-refractivity contribution in [1.29, 1.82) is 0 Å². The van der Waals surface area contributed by atoms with E-state index in [-0.39, 0.29) is 43.0 Å². The average molecular weight is 333 g/mol. The molecule has 9 nitrogen and oxygen atoms in total. The van der Waals surface area contributed by atoms with Crippen molar-refractivity contribution >= 4 is 28.5 Å². The number of hydrogen-bond acceptors (Lipinski definition) is 5. The fourth-order valence-corrected chi connectivity index (χ4v) is 2.81. The Morgan fingerprint density at radius 2 is 2.04 bits per heavy atom. The van der Waals surface area contributed by atoms with Gasteiger partial charge in [0.2, 0.25) is 0 Å². The molecule has 0 unspecified atom stereocenters. The van der Waals surface area contributed by atoms with Crippen LogP contribution in [0.1, 0.15) is 23.3 Å². The number of nitrogens with one attached hydrogen (secondary N) is 2. The van der Waals surface area contributed by atoms with Crippen molar-refractivity contribution in [2.45, 2.75) is 18.4 Å². The third-order valence-electron chi connectivity index (χ3n) is 4.18. The lowest BCUT2D eigenvalue weighted by atomic mass is 9.90. The van der Waals surface area contributed by atoms with Crippen LogP contribution in [0, 0.1) is 10.1 Å². The SMILES string of the molecule is O=C(NC1(C(=O)O)CCOCC1)c1cc2cccc([N+](=O)[O-])c2[nH]1. The number of amides is 1. The summed E-state index contributed by atoms with van der Waals surface area (Å²) in [6.07, 6.45) is 0.322. The van der Waals surface area contributed by atoms with Gasteiger partial charge in [-0.05, 0) is 6.07 Å². The van der Waals surface area contributed by atoms with Crippen LogP contribution in [0.25, 0.3) is 10.9 Å². The van der Waals surface area contributed by atoms with E-state index >= 15 is 0 Å². The summed E-state index contributed by atoms with van der Waals surface area (Å²) < 4.78 is 5.15. The van der Waals surface area contributed by atoms with Gasteiger partial charge in [-0.15, -0.1) is 0 Å². The Bertz CT molecular complexity index is 822. The zero-order valence-corrected chi connectivity index (χ0v) is 12.6. The first-order valence-electron chi connectivity index (χ1n) is 7.33. The van der Waals surface area contributed by atoms with E-state index in [1.54, 1.807) is 6.07 Å². The van der Waals surface area contributed by atoms with Crippen LogP contribution in [0.2, 0.25) is 0 Å². The van der Waals surface area contributed by atoms with Gasteiger partial charge in [-0.3, -0.25) is 14.9 Å². The normalized spacial score (nSPS) is 16.7. The molecule has 0 bridgehead atoms. The van der Waals surface area contributed by atoms with E-state index in [4.69, 9.17) is 4.74 Å². The number of carbonyl (C=O) groups excluding carboxylic acids is 1. The lowest BCUT2D eigenvalue weighted by Gasteiger charge is -2.33. The minimum Gasteiger partial charge on any atom is -0.480 e. The number of nitro groups is 1. The van der Waals surface area contributed by atoms with Crippen molar-refractivity contribution in [2.24, 2.45) is 0 Å². The van der Waals surface area contributed by atoms with Crippen LogP contribution in [-0.4, -0.2) is 45.6 Å². The standard InChI is InChI=1S/C15H15N3O6/c19-13(17-15(14(20)21)4-6-24-7-5-15)10-8-9-2-1-3-11(18(22)23)12(9)16-10/h1-3,8,16H,4-7H2,(H,17,19)(H,20,21). The number of ether oxygens (including phenoxy) is 1. The Kier molecular flexibility index (Phi) is 3.94. The lowest BCUT2D eigenvalue weighted by molar-refractivity contribution is -0.383. The smallest absolute Gasteiger partial charge is 0.329 e. The van der Waals surface area contributed by atoms with Gasteiger partial charge in [0.15, 0.2) is 0 Å². The highest BCUT2D eigenvalue weighted by molar-refractivity contribution is 6.02. The molecule has 1 fully saturated rings. The number of carbonyl (C=O) groups is 2. The summed E-state index contributed by atoms with van der Waals surface area (Å²) in [4.78, 5) is 37.3. The van der Waals surface area contributed by atoms with Gasteiger partial charge in [-0.1, -0.05) is 12.1 Å². The number of nitrogens with zero attached hydrogens (tertiary/aromatic N) is 1. The van der Waals surface area contributed by atoms with Gasteiger partial charge in [0.1, 0.15) is 16.7 Å². The molecule has 0 saturated carbocycles. The number of rotatable bonds is 4. The van der Waals surface area contributed by atoms with Gasteiger partial charge in [0, 0.05) is 37.5 Å². The number of nitro benzene ring substituents is 1. The molecule has 24 heavy (non-hydrogen) atoms. The van der Waals surface area contributed by atoms with Gasteiger partial charge in [0.25, 0.3) is 11.6 Å². The molecular formula is C15H15N3O6. The highest BCUT2D eigenvalue weighted by Gasteiger charge is 2.42.